The Morgan fingerprint density at radius 3 is 2.61 bits per heavy atom. The molecule has 0 saturated carbocycles. The second kappa shape index (κ2) is 7.17. The summed E-state index contributed by atoms with van der Waals surface area (Å²) in [6.07, 6.45) is 0.798. The molecule has 0 radical (unpaired) electrons. The number of esters is 1. The molecule has 0 aliphatic heterocycles. The maximum absolute atomic E-state index is 11.4. The molecule has 1 N–H and O–H groups in total. The van der Waals surface area contributed by atoms with E-state index in [0.717, 1.165) is 13.0 Å². The van der Waals surface area contributed by atoms with Gasteiger partial charge in [-0.15, -0.1) is 0 Å². The molecular weight excluding hydrogens is 226 g/mol. The van der Waals surface area contributed by atoms with Crippen LogP contribution in [0, 0.1) is 19.8 Å². The number of nitrogens with one attached hydrogen (secondary N) is 1. The number of ether oxygens (including phenoxy) is 1. The maximum Gasteiger partial charge on any atom is 0.309 e. The molecule has 0 aromatic heterocycles. The van der Waals surface area contributed by atoms with Crippen LogP contribution >= 0.6 is 0 Å². The van der Waals surface area contributed by atoms with Crippen molar-refractivity contribution in [3.8, 4) is 0 Å². The van der Waals surface area contributed by atoms with Crippen LogP contribution in [0.4, 0.5) is 0 Å². The molecule has 1 rings (SSSR count). The van der Waals surface area contributed by atoms with Gasteiger partial charge in [0.05, 0.1) is 13.0 Å². The number of methoxy groups -OCH3 is 1. The van der Waals surface area contributed by atoms with Gasteiger partial charge in [0.1, 0.15) is 0 Å². The zero-order chi connectivity index (χ0) is 13.5. The molecule has 0 spiro atoms. The molecule has 18 heavy (non-hydrogen) atoms. The molecule has 1 aromatic carbocycles. The van der Waals surface area contributed by atoms with Gasteiger partial charge >= 0.3 is 5.97 Å². The SMILES string of the molecule is CCC(CNCc1ccc(C)c(C)c1)C(=O)OC. The number of hydrogen-bond donors (Lipinski definition) is 1. The maximum atomic E-state index is 11.4. The van der Waals surface area contributed by atoms with Gasteiger partial charge in [0, 0.05) is 13.1 Å². The molecule has 1 aromatic rings. The van der Waals surface area contributed by atoms with Gasteiger partial charge in [0.15, 0.2) is 0 Å². The molecule has 0 bridgehead atoms. The lowest BCUT2D eigenvalue weighted by molar-refractivity contribution is -0.145. The van der Waals surface area contributed by atoms with Crippen molar-refractivity contribution >= 4 is 5.97 Å². The number of carbonyl (C=O) groups is 1. The molecule has 0 aliphatic rings. The van der Waals surface area contributed by atoms with Crippen LogP contribution in [0.15, 0.2) is 18.2 Å². The van der Waals surface area contributed by atoms with Crippen molar-refractivity contribution < 1.29 is 9.53 Å². The lowest BCUT2D eigenvalue weighted by Crippen LogP contribution is -2.28. The van der Waals surface area contributed by atoms with Gasteiger partial charge in [-0.1, -0.05) is 25.1 Å². The van der Waals surface area contributed by atoms with Crippen molar-refractivity contribution in [3.05, 3.63) is 34.9 Å². The third kappa shape index (κ3) is 4.15. The van der Waals surface area contributed by atoms with E-state index < -0.39 is 0 Å². The Morgan fingerprint density at radius 1 is 1.33 bits per heavy atom. The Labute approximate surface area is 110 Å². The van der Waals surface area contributed by atoms with Crippen LogP contribution in [-0.4, -0.2) is 19.6 Å². The first-order valence-corrected chi connectivity index (χ1v) is 6.43. The fourth-order valence-electron chi connectivity index (χ4n) is 1.87. The first-order valence-electron chi connectivity index (χ1n) is 6.43. The number of hydrogen-bond acceptors (Lipinski definition) is 3. The predicted molar refractivity (Wildman–Crippen MR) is 73.4 cm³/mol. The third-order valence-corrected chi connectivity index (χ3v) is 3.32. The number of rotatable bonds is 6. The summed E-state index contributed by atoms with van der Waals surface area (Å²) in [4.78, 5) is 11.4. The Morgan fingerprint density at radius 2 is 2.06 bits per heavy atom. The molecule has 0 saturated heterocycles. The lowest BCUT2D eigenvalue weighted by Gasteiger charge is -2.13. The third-order valence-electron chi connectivity index (χ3n) is 3.32. The molecule has 1 unspecified atom stereocenters. The Hall–Kier alpha value is -1.35. The summed E-state index contributed by atoms with van der Waals surface area (Å²) >= 11 is 0. The van der Waals surface area contributed by atoms with E-state index in [1.165, 1.54) is 23.8 Å². The van der Waals surface area contributed by atoms with E-state index >= 15 is 0 Å². The predicted octanol–water partition coefficient (Wildman–Crippen LogP) is 2.59. The highest BCUT2D eigenvalue weighted by molar-refractivity contribution is 5.72. The highest BCUT2D eigenvalue weighted by atomic mass is 16.5. The second-order valence-electron chi connectivity index (χ2n) is 4.68. The quantitative estimate of drug-likeness (QED) is 0.788. The second-order valence-corrected chi connectivity index (χ2v) is 4.68. The molecule has 3 heteroatoms. The largest absolute Gasteiger partial charge is 0.469 e. The van der Waals surface area contributed by atoms with Crippen LogP contribution in [0.1, 0.15) is 30.0 Å². The average molecular weight is 249 g/mol. The van der Waals surface area contributed by atoms with Crippen molar-refractivity contribution in [3.63, 3.8) is 0 Å². The number of benzene rings is 1. The summed E-state index contributed by atoms with van der Waals surface area (Å²) in [5, 5.41) is 3.31. The first kappa shape index (κ1) is 14.7. The van der Waals surface area contributed by atoms with E-state index in [9.17, 15) is 4.79 Å². The van der Waals surface area contributed by atoms with Crippen molar-refractivity contribution in [1.29, 1.82) is 0 Å². The highest BCUT2D eigenvalue weighted by Crippen LogP contribution is 2.10. The van der Waals surface area contributed by atoms with Crippen molar-refractivity contribution in [1.82, 2.24) is 5.32 Å². The highest BCUT2D eigenvalue weighted by Gasteiger charge is 2.15. The van der Waals surface area contributed by atoms with Crippen LogP contribution in [0.25, 0.3) is 0 Å². The van der Waals surface area contributed by atoms with Gasteiger partial charge in [0.2, 0.25) is 0 Å². The first-order chi connectivity index (χ1) is 8.58. The van der Waals surface area contributed by atoms with Crippen LogP contribution in [0.2, 0.25) is 0 Å². The molecule has 0 aliphatic carbocycles. The Balaban J connectivity index is 2.45. The van der Waals surface area contributed by atoms with E-state index in [-0.39, 0.29) is 11.9 Å². The number of carbonyl (C=O) groups excluding carboxylic acids is 1. The van der Waals surface area contributed by atoms with Gasteiger partial charge in [0.25, 0.3) is 0 Å². The molecule has 0 amide bonds. The van der Waals surface area contributed by atoms with E-state index in [2.05, 4.69) is 37.4 Å². The minimum atomic E-state index is -0.134. The van der Waals surface area contributed by atoms with Crippen molar-refractivity contribution in [2.24, 2.45) is 5.92 Å². The molecule has 3 nitrogen and oxygen atoms in total. The van der Waals surface area contributed by atoms with Crippen molar-refractivity contribution in [2.75, 3.05) is 13.7 Å². The average Bonchev–Trinajstić information content (AvgIpc) is 2.38. The molecular formula is C15H23NO2. The van der Waals surface area contributed by atoms with E-state index in [1.807, 2.05) is 6.92 Å². The van der Waals surface area contributed by atoms with E-state index in [0.29, 0.717) is 6.54 Å². The van der Waals surface area contributed by atoms with Gasteiger partial charge in [-0.25, -0.2) is 0 Å². The van der Waals surface area contributed by atoms with Crippen LogP contribution in [0.5, 0.6) is 0 Å². The van der Waals surface area contributed by atoms with Gasteiger partial charge in [-0.05, 0) is 37.0 Å². The summed E-state index contributed by atoms with van der Waals surface area (Å²) < 4.78 is 4.76. The van der Waals surface area contributed by atoms with Crippen molar-refractivity contribution in [2.45, 2.75) is 33.7 Å². The minimum Gasteiger partial charge on any atom is -0.469 e. The fourth-order valence-corrected chi connectivity index (χ4v) is 1.87. The summed E-state index contributed by atoms with van der Waals surface area (Å²) in [6.45, 7) is 7.67. The lowest BCUT2D eigenvalue weighted by atomic mass is 10.1. The van der Waals surface area contributed by atoms with Crippen LogP contribution < -0.4 is 5.32 Å². The standard InChI is InChI=1S/C15H23NO2/c1-5-14(15(17)18-4)10-16-9-13-7-6-11(2)12(3)8-13/h6-8,14,16H,5,9-10H2,1-4H3. The monoisotopic (exact) mass is 249 g/mol. The van der Waals surface area contributed by atoms with Crippen LogP contribution in [-0.2, 0) is 16.1 Å². The summed E-state index contributed by atoms with van der Waals surface area (Å²) in [5.41, 5.74) is 3.85. The zero-order valence-corrected chi connectivity index (χ0v) is 11.7. The van der Waals surface area contributed by atoms with Gasteiger partial charge in [-0.3, -0.25) is 4.79 Å². The molecule has 100 valence electrons. The molecule has 1 atom stereocenters. The topological polar surface area (TPSA) is 38.3 Å². The number of aryl methyl sites for hydroxylation is 2. The Bertz CT molecular complexity index is 401. The fraction of sp³-hybridized carbons (Fsp3) is 0.533. The zero-order valence-electron chi connectivity index (χ0n) is 11.7. The van der Waals surface area contributed by atoms with Crippen LogP contribution in [0.3, 0.4) is 0 Å². The molecule has 0 fully saturated rings. The Kier molecular flexibility index (Phi) is 5.86. The summed E-state index contributed by atoms with van der Waals surface area (Å²) in [7, 11) is 1.44. The minimum absolute atomic E-state index is 0.0541. The van der Waals surface area contributed by atoms with Gasteiger partial charge < -0.3 is 10.1 Å². The van der Waals surface area contributed by atoms with E-state index in [1.54, 1.807) is 0 Å². The smallest absolute Gasteiger partial charge is 0.309 e. The van der Waals surface area contributed by atoms with E-state index in [4.69, 9.17) is 4.74 Å². The summed E-state index contributed by atoms with van der Waals surface area (Å²) in [5.74, 6) is -0.188. The molecule has 0 heterocycles. The van der Waals surface area contributed by atoms with Gasteiger partial charge in [-0.2, -0.15) is 0 Å². The summed E-state index contributed by atoms with van der Waals surface area (Å²) in [6, 6.07) is 6.43. The normalized spacial score (nSPS) is 12.2.